The fraction of sp³-hybridized carbons (Fsp3) is 0.355. The van der Waals surface area contributed by atoms with Crippen molar-refractivity contribution in [3.05, 3.63) is 94.8 Å². The number of carbonyl (C=O) groups is 1. The van der Waals surface area contributed by atoms with Gasteiger partial charge in [-0.15, -0.1) is 0 Å². The van der Waals surface area contributed by atoms with Crippen LogP contribution < -0.4 is 0 Å². The molecule has 0 amide bonds. The number of fused-ring (bicyclic) bond motifs is 2. The van der Waals surface area contributed by atoms with Gasteiger partial charge in [-0.3, -0.25) is 18.9 Å². The van der Waals surface area contributed by atoms with Gasteiger partial charge in [0.2, 0.25) is 0 Å². The lowest BCUT2D eigenvalue weighted by atomic mass is 10.0. The number of likely N-dealkylation sites (N-methyl/N-ethyl adjacent to an activating group) is 1. The Hall–Kier alpha value is -3.88. The molecule has 0 atom stereocenters. The van der Waals surface area contributed by atoms with Crippen LogP contribution in [0, 0.1) is 13.8 Å². The normalized spacial score (nSPS) is 14.9. The fourth-order valence-electron chi connectivity index (χ4n) is 5.62. The van der Waals surface area contributed by atoms with Gasteiger partial charge in [-0.1, -0.05) is 18.2 Å². The van der Waals surface area contributed by atoms with Crippen LogP contribution in [0.2, 0.25) is 0 Å². The van der Waals surface area contributed by atoms with Crippen LogP contribution in [0.4, 0.5) is 0 Å². The van der Waals surface area contributed by atoms with Crippen molar-refractivity contribution < 1.29 is 4.79 Å². The van der Waals surface area contributed by atoms with Crippen LogP contribution in [-0.4, -0.2) is 79.5 Å². The van der Waals surface area contributed by atoms with Gasteiger partial charge in [-0.05, 0) is 68.8 Å². The Labute approximate surface area is 228 Å². The van der Waals surface area contributed by atoms with Gasteiger partial charge >= 0.3 is 0 Å². The summed E-state index contributed by atoms with van der Waals surface area (Å²) < 4.78 is 3.90. The number of hydrogen-bond acceptors (Lipinski definition) is 6. The SMILES string of the molecule is Cc1cccc(Cn2nc(C)c3c(CC(=O)c4cnc5cc(CCN6CCN(C)CC6)ccn45)cccc32)n1. The number of nitrogens with zero attached hydrogens (tertiary/aromatic N) is 7. The smallest absolute Gasteiger partial charge is 0.185 e. The maximum absolute atomic E-state index is 13.5. The van der Waals surface area contributed by atoms with E-state index in [0.717, 1.165) is 78.3 Å². The van der Waals surface area contributed by atoms with Crippen molar-refractivity contribution in [3.8, 4) is 0 Å². The molecule has 0 saturated carbocycles. The highest BCUT2D eigenvalue weighted by Crippen LogP contribution is 2.25. The predicted molar refractivity (Wildman–Crippen MR) is 153 cm³/mol. The summed E-state index contributed by atoms with van der Waals surface area (Å²) in [7, 11) is 2.18. The molecule has 1 aromatic carbocycles. The van der Waals surface area contributed by atoms with Crippen molar-refractivity contribution in [2.24, 2.45) is 0 Å². The highest BCUT2D eigenvalue weighted by atomic mass is 16.1. The van der Waals surface area contributed by atoms with Crippen molar-refractivity contribution in [2.45, 2.75) is 33.2 Å². The average molecular weight is 522 g/mol. The zero-order valence-corrected chi connectivity index (χ0v) is 23.0. The van der Waals surface area contributed by atoms with E-state index in [2.05, 4.69) is 45.0 Å². The zero-order chi connectivity index (χ0) is 26.9. The first kappa shape index (κ1) is 25.4. The van der Waals surface area contributed by atoms with Crippen molar-refractivity contribution in [2.75, 3.05) is 39.8 Å². The molecule has 1 saturated heterocycles. The summed E-state index contributed by atoms with van der Waals surface area (Å²) in [4.78, 5) is 27.6. The molecule has 1 aliphatic heterocycles. The monoisotopic (exact) mass is 521 g/mol. The minimum Gasteiger partial charge on any atom is -0.304 e. The molecule has 8 nitrogen and oxygen atoms in total. The first-order valence-corrected chi connectivity index (χ1v) is 13.7. The quantitative estimate of drug-likeness (QED) is 0.288. The maximum Gasteiger partial charge on any atom is 0.185 e. The molecule has 5 aromatic rings. The molecular weight excluding hydrogens is 486 g/mol. The Kier molecular flexibility index (Phi) is 6.97. The van der Waals surface area contributed by atoms with E-state index in [1.54, 1.807) is 6.20 Å². The number of Topliss-reactive ketones (excluding diaryl/α,β-unsaturated/α-hetero) is 1. The molecule has 39 heavy (non-hydrogen) atoms. The first-order valence-electron chi connectivity index (χ1n) is 13.7. The number of rotatable bonds is 8. The van der Waals surface area contributed by atoms with Crippen LogP contribution >= 0.6 is 0 Å². The van der Waals surface area contributed by atoms with E-state index in [9.17, 15) is 4.79 Å². The lowest BCUT2D eigenvalue weighted by Gasteiger charge is -2.32. The zero-order valence-electron chi connectivity index (χ0n) is 23.0. The van der Waals surface area contributed by atoms with E-state index in [4.69, 9.17) is 5.10 Å². The van der Waals surface area contributed by atoms with Gasteiger partial charge in [0.25, 0.3) is 0 Å². The van der Waals surface area contributed by atoms with E-state index in [-0.39, 0.29) is 5.78 Å². The van der Waals surface area contributed by atoms with Gasteiger partial charge in [-0.25, -0.2) is 4.98 Å². The number of benzene rings is 1. The van der Waals surface area contributed by atoms with Gasteiger partial charge in [0.1, 0.15) is 11.3 Å². The largest absolute Gasteiger partial charge is 0.304 e. The Morgan fingerprint density at radius 2 is 1.82 bits per heavy atom. The van der Waals surface area contributed by atoms with Crippen LogP contribution in [0.3, 0.4) is 0 Å². The summed E-state index contributed by atoms with van der Waals surface area (Å²) in [5.74, 6) is 0.0488. The van der Waals surface area contributed by atoms with E-state index in [1.165, 1.54) is 5.56 Å². The lowest BCUT2D eigenvalue weighted by molar-refractivity contribution is 0.0987. The summed E-state index contributed by atoms with van der Waals surface area (Å²) in [6, 6.07) is 16.4. The molecule has 8 heteroatoms. The second-order valence-electron chi connectivity index (χ2n) is 10.7. The first-order chi connectivity index (χ1) is 18.9. The third-order valence-corrected chi connectivity index (χ3v) is 7.82. The average Bonchev–Trinajstić information content (AvgIpc) is 3.49. The van der Waals surface area contributed by atoms with Gasteiger partial charge in [0.15, 0.2) is 5.78 Å². The molecule has 0 bridgehead atoms. The fourth-order valence-corrected chi connectivity index (χ4v) is 5.62. The highest BCUT2D eigenvalue weighted by Gasteiger charge is 2.18. The predicted octanol–water partition coefficient (Wildman–Crippen LogP) is 3.96. The highest BCUT2D eigenvalue weighted by molar-refractivity contribution is 5.99. The lowest BCUT2D eigenvalue weighted by Crippen LogP contribution is -2.45. The summed E-state index contributed by atoms with van der Waals surface area (Å²) in [5.41, 5.74) is 7.56. The van der Waals surface area contributed by atoms with Crippen molar-refractivity contribution in [1.29, 1.82) is 0 Å². The van der Waals surface area contributed by atoms with E-state index < -0.39 is 0 Å². The van der Waals surface area contributed by atoms with Crippen molar-refractivity contribution in [3.63, 3.8) is 0 Å². The second-order valence-corrected chi connectivity index (χ2v) is 10.7. The molecular formula is C31H35N7O. The molecule has 4 aromatic heterocycles. The van der Waals surface area contributed by atoms with Crippen molar-refractivity contribution in [1.82, 2.24) is 33.9 Å². The van der Waals surface area contributed by atoms with E-state index in [1.807, 2.05) is 59.5 Å². The van der Waals surface area contributed by atoms with Crippen LogP contribution in [0.15, 0.2) is 60.9 Å². The van der Waals surface area contributed by atoms with Gasteiger partial charge in [0, 0.05) is 56.4 Å². The molecule has 0 aliphatic carbocycles. The third-order valence-electron chi connectivity index (χ3n) is 7.82. The van der Waals surface area contributed by atoms with Gasteiger partial charge < -0.3 is 9.80 Å². The van der Waals surface area contributed by atoms with Gasteiger partial charge in [-0.2, -0.15) is 5.10 Å². The molecule has 6 rings (SSSR count). The number of pyridine rings is 2. The van der Waals surface area contributed by atoms with Gasteiger partial charge in [0.05, 0.1) is 29.6 Å². The number of imidazole rings is 1. The molecule has 1 fully saturated rings. The second kappa shape index (κ2) is 10.7. The Morgan fingerprint density at radius 1 is 1.00 bits per heavy atom. The summed E-state index contributed by atoms with van der Waals surface area (Å²) in [5, 5.41) is 5.84. The third kappa shape index (κ3) is 5.35. The van der Waals surface area contributed by atoms with E-state index >= 15 is 0 Å². The molecule has 0 N–H and O–H groups in total. The molecule has 5 heterocycles. The number of hydrogen-bond donors (Lipinski definition) is 0. The Balaban J connectivity index is 1.19. The minimum absolute atomic E-state index is 0.0488. The molecule has 0 radical (unpaired) electrons. The number of piperazine rings is 1. The summed E-state index contributed by atoms with van der Waals surface area (Å²) in [6.45, 7) is 10.1. The van der Waals surface area contributed by atoms with E-state index in [0.29, 0.717) is 18.7 Å². The van der Waals surface area contributed by atoms with Crippen LogP contribution in [0.1, 0.15) is 38.7 Å². The van der Waals surface area contributed by atoms with Crippen molar-refractivity contribution >= 4 is 22.3 Å². The number of aryl methyl sites for hydroxylation is 2. The standard InChI is InChI=1S/C31H35N7O/c1-22-6-4-8-26(33-22)21-38-27-9-5-7-25(31(27)23(2)34-38)19-29(39)28-20-32-30-18-24(11-13-37(28)30)10-12-36-16-14-35(3)15-17-36/h4-9,11,13,18,20H,10,12,14-17,19,21H2,1-3H3. The minimum atomic E-state index is 0.0488. The number of ketones is 1. The topological polar surface area (TPSA) is 71.6 Å². The Bertz CT molecular complexity index is 1640. The summed E-state index contributed by atoms with van der Waals surface area (Å²) in [6.07, 6.45) is 4.99. The van der Waals surface area contributed by atoms with Crippen LogP contribution in [-0.2, 0) is 19.4 Å². The van der Waals surface area contributed by atoms with Crippen LogP contribution in [0.5, 0.6) is 0 Å². The molecule has 200 valence electrons. The molecule has 0 spiro atoms. The van der Waals surface area contributed by atoms with Crippen LogP contribution in [0.25, 0.3) is 16.6 Å². The molecule has 0 unspecified atom stereocenters. The number of carbonyl (C=O) groups excluding carboxylic acids is 1. The number of aromatic nitrogens is 5. The Morgan fingerprint density at radius 3 is 2.64 bits per heavy atom. The molecule has 1 aliphatic rings. The maximum atomic E-state index is 13.5. The summed E-state index contributed by atoms with van der Waals surface area (Å²) >= 11 is 0.